The minimum absolute atomic E-state index is 0.267. The van der Waals surface area contributed by atoms with Crippen LogP contribution in [0.4, 0.5) is 0 Å². The van der Waals surface area contributed by atoms with E-state index in [1.807, 2.05) is 0 Å². The van der Waals surface area contributed by atoms with Crippen LogP contribution in [0.25, 0.3) is 0 Å². The van der Waals surface area contributed by atoms with E-state index in [0.717, 1.165) is 58.8 Å². The van der Waals surface area contributed by atoms with E-state index < -0.39 is 0 Å². The van der Waals surface area contributed by atoms with Crippen LogP contribution in [0.3, 0.4) is 0 Å². The Hall–Kier alpha value is -0.720. The van der Waals surface area contributed by atoms with Gasteiger partial charge in [-0.1, -0.05) is 24.3 Å². The highest BCUT2D eigenvalue weighted by Gasteiger charge is 2.41. The number of piperidine rings is 1. The van der Waals surface area contributed by atoms with Crippen molar-refractivity contribution in [3.05, 3.63) is 24.3 Å². The van der Waals surface area contributed by atoms with Gasteiger partial charge in [0, 0.05) is 57.5 Å². The molecule has 4 heterocycles. The van der Waals surface area contributed by atoms with E-state index in [2.05, 4.69) is 39.6 Å². The number of rotatable bonds is 2. The molecule has 0 radical (unpaired) electrons. The molecule has 116 valence electrons. The van der Waals surface area contributed by atoms with Crippen LogP contribution in [0.1, 0.15) is 12.8 Å². The van der Waals surface area contributed by atoms with Crippen LogP contribution in [-0.4, -0.2) is 67.8 Å². The number of ether oxygens (including phenoxy) is 2. The van der Waals surface area contributed by atoms with Gasteiger partial charge in [-0.05, 0) is 0 Å². The first kappa shape index (κ1) is 13.9. The van der Waals surface area contributed by atoms with Gasteiger partial charge in [-0.15, -0.1) is 0 Å². The van der Waals surface area contributed by atoms with Crippen molar-refractivity contribution in [2.24, 2.45) is 5.92 Å². The molecule has 0 saturated carbocycles. The molecule has 5 heteroatoms. The molecule has 5 nitrogen and oxygen atoms in total. The van der Waals surface area contributed by atoms with Crippen LogP contribution < -0.4 is 5.32 Å². The Morgan fingerprint density at radius 1 is 1.00 bits per heavy atom. The van der Waals surface area contributed by atoms with E-state index in [1.54, 1.807) is 0 Å². The number of nitrogens with one attached hydrogen (secondary N) is 1. The molecular formula is C16H25N3O2. The Labute approximate surface area is 126 Å². The Kier molecular flexibility index (Phi) is 3.85. The average molecular weight is 291 g/mol. The van der Waals surface area contributed by atoms with Gasteiger partial charge in [-0.25, -0.2) is 10.0 Å². The van der Waals surface area contributed by atoms with Crippen LogP contribution in [0.15, 0.2) is 24.3 Å². The molecule has 2 saturated heterocycles. The number of hydrogen-bond donors (Lipinski definition) is 1. The van der Waals surface area contributed by atoms with Gasteiger partial charge in [0.25, 0.3) is 0 Å². The van der Waals surface area contributed by atoms with E-state index in [-0.39, 0.29) is 5.79 Å². The van der Waals surface area contributed by atoms with Gasteiger partial charge < -0.3 is 14.8 Å². The average Bonchev–Trinajstić information content (AvgIpc) is 3.20. The van der Waals surface area contributed by atoms with Crippen LogP contribution in [0, 0.1) is 5.92 Å². The largest absolute Gasteiger partial charge is 0.347 e. The molecule has 0 amide bonds. The van der Waals surface area contributed by atoms with E-state index in [0.29, 0.717) is 12.0 Å². The summed E-state index contributed by atoms with van der Waals surface area (Å²) in [7, 11) is 0. The van der Waals surface area contributed by atoms with Crippen LogP contribution in [-0.2, 0) is 9.47 Å². The second-order valence-electron chi connectivity index (χ2n) is 6.39. The van der Waals surface area contributed by atoms with E-state index in [4.69, 9.17) is 9.47 Å². The first-order valence-corrected chi connectivity index (χ1v) is 8.19. The van der Waals surface area contributed by atoms with Gasteiger partial charge in [0.2, 0.25) is 0 Å². The molecule has 0 aromatic heterocycles. The summed E-state index contributed by atoms with van der Waals surface area (Å²) < 4.78 is 11.6. The fourth-order valence-corrected chi connectivity index (χ4v) is 3.89. The first-order valence-electron chi connectivity index (χ1n) is 8.19. The SMILES string of the molecule is C1=CC(C2C=CCN(N3CCC4(CC3)OCCO4)C2)NC1. The van der Waals surface area contributed by atoms with E-state index in [9.17, 15) is 0 Å². The molecule has 4 aliphatic heterocycles. The van der Waals surface area contributed by atoms with Crippen LogP contribution >= 0.6 is 0 Å². The number of hydrogen-bond acceptors (Lipinski definition) is 5. The predicted molar refractivity (Wildman–Crippen MR) is 80.6 cm³/mol. The molecule has 0 aromatic rings. The van der Waals surface area contributed by atoms with Crippen LogP contribution in [0.5, 0.6) is 0 Å². The Bertz CT molecular complexity index is 421. The highest BCUT2D eigenvalue weighted by atomic mass is 16.7. The van der Waals surface area contributed by atoms with Gasteiger partial charge >= 0.3 is 0 Å². The Morgan fingerprint density at radius 2 is 1.81 bits per heavy atom. The van der Waals surface area contributed by atoms with Gasteiger partial charge in [0.15, 0.2) is 5.79 Å². The third kappa shape index (κ3) is 2.81. The summed E-state index contributed by atoms with van der Waals surface area (Å²) in [5, 5.41) is 8.53. The summed E-state index contributed by atoms with van der Waals surface area (Å²) in [4.78, 5) is 0. The normalized spacial score (nSPS) is 36.8. The van der Waals surface area contributed by atoms with Gasteiger partial charge in [0.05, 0.1) is 13.2 Å². The molecule has 1 spiro atoms. The molecule has 4 rings (SSSR count). The smallest absolute Gasteiger partial charge is 0.171 e. The second kappa shape index (κ2) is 5.82. The van der Waals surface area contributed by atoms with Crippen molar-refractivity contribution in [1.82, 2.24) is 15.3 Å². The van der Waals surface area contributed by atoms with Crippen molar-refractivity contribution in [2.45, 2.75) is 24.7 Å². The molecule has 0 bridgehead atoms. The summed E-state index contributed by atoms with van der Waals surface area (Å²) >= 11 is 0. The van der Waals surface area contributed by atoms with Crippen molar-refractivity contribution in [3.63, 3.8) is 0 Å². The molecule has 0 aliphatic carbocycles. The maximum absolute atomic E-state index is 5.82. The van der Waals surface area contributed by atoms with Crippen molar-refractivity contribution < 1.29 is 9.47 Å². The maximum Gasteiger partial charge on any atom is 0.171 e. The summed E-state index contributed by atoms with van der Waals surface area (Å²) in [6, 6.07) is 0.502. The van der Waals surface area contributed by atoms with Crippen molar-refractivity contribution in [1.29, 1.82) is 0 Å². The van der Waals surface area contributed by atoms with Gasteiger partial charge in [0.1, 0.15) is 0 Å². The number of nitrogens with zero attached hydrogens (tertiary/aromatic N) is 2. The molecule has 2 atom stereocenters. The maximum atomic E-state index is 5.82. The molecular weight excluding hydrogens is 266 g/mol. The molecule has 21 heavy (non-hydrogen) atoms. The zero-order chi connectivity index (χ0) is 14.1. The van der Waals surface area contributed by atoms with E-state index >= 15 is 0 Å². The Morgan fingerprint density at radius 3 is 2.52 bits per heavy atom. The fraction of sp³-hybridized carbons (Fsp3) is 0.750. The van der Waals surface area contributed by atoms with Crippen molar-refractivity contribution in [3.8, 4) is 0 Å². The molecule has 0 aromatic carbocycles. The third-order valence-corrected chi connectivity index (χ3v) is 5.11. The summed E-state index contributed by atoms with van der Waals surface area (Å²) in [6.45, 7) is 6.73. The van der Waals surface area contributed by atoms with Crippen molar-refractivity contribution in [2.75, 3.05) is 45.9 Å². The quantitative estimate of drug-likeness (QED) is 0.760. The molecule has 2 fully saturated rings. The monoisotopic (exact) mass is 291 g/mol. The zero-order valence-corrected chi connectivity index (χ0v) is 12.5. The van der Waals surface area contributed by atoms with E-state index in [1.165, 1.54) is 0 Å². The lowest BCUT2D eigenvalue weighted by atomic mass is 9.97. The predicted octanol–water partition coefficient (Wildman–Crippen LogP) is 0.756. The lowest BCUT2D eigenvalue weighted by molar-refractivity contribution is -0.206. The minimum atomic E-state index is -0.267. The van der Waals surface area contributed by atoms with Crippen LogP contribution in [0.2, 0.25) is 0 Å². The molecule has 4 aliphatic rings. The number of hydrazine groups is 1. The summed E-state index contributed by atoms with van der Waals surface area (Å²) in [5.41, 5.74) is 0. The Balaban J connectivity index is 1.34. The second-order valence-corrected chi connectivity index (χ2v) is 6.39. The lowest BCUT2D eigenvalue weighted by Crippen LogP contribution is -2.55. The van der Waals surface area contributed by atoms with Gasteiger partial charge in [-0.3, -0.25) is 0 Å². The highest BCUT2D eigenvalue weighted by Crippen LogP contribution is 2.32. The van der Waals surface area contributed by atoms with Crippen molar-refractivity contribution >= 4 is 0 Å². The fourth-order valence-electron chi connectivity index (χ4n) is 3.89. The minimum Gasteiger partial charge on any atom is -0.347 e. The third-order valence-electron chi connectivity index (χ3n) is 5.11. The summed E-state index contributed by atoms with van der Waals surface area (Å²) in [5.74, 6) is 0.310. The zero-order valence-electron chi connectivity index (χ0n) is 12.5. The van der Waals surface area contributed by atoms with Gasteiger partial charge in [-0.2, -0.15) is 0 Å². The molecule has 2 unspecified atom stereocenters. The highest BCUT2D eigenvalue weighted by molar-refractivity contribution is 5.12. The standard InChI is InChI=1S/C16H25N3O2/c1-4-15(17-7-1)14-3-2-8-19(13-14)18-9-5-16(6-10-18)20-11-12-21-16/h1-4,14-15,17H,5-13H2. The topological polar surface area (TPSA) is 37.0 Å². The molecule has 1 N–H and O–H groups in total. The first-order chi connectivity index (χ1) is 10.3. The summed E-state index contributed by atoms with van der Waals surface area (Å²) in [6.07, 6.45) is 11.2. The lowest BCUT2D eigenvalue weighted by Gasteiger charge is -2.44.